The first-order chi connectivity index (χ1) is 17.1. The maximum atomic E-state index is 16.9. The van der Waals surface area contributed by atoms with Crippen LogP contribution in [0.3, 0.4) is 0 Å². The van der Waals surface area contributed by atoms with Gasteiger partial charge in [-0.3, -0.25) is 4.98 Å². The standard InChI is InChI=1S/C30H35FN2O3/c1-27-10-8-21-15-30(31)26(35)25(34)23(33(2)3)16-28(30)11-12-29(21,36-28)24(27)7-6-22(27)19-4-5-20-17-32-13-9-18(20)14-19/h4-6,8-9,13-14,17,23-26,34-35H,7,10-12,15-16H2,1-3H3/t23-,24?,25+,26-,27+,28+,29+,30?/m0/s1. The second kappa shape index (κ2) is 7.25. The quantitative estimate of drug-likeness (QED) is 0.610. The molecule has 190 valence electrons. The molecule has 2 bridgehead atoms. The van der Waals surface area contributed by atoms with Crippen molar-refractivity contribution in [3.63, 3.8) is 0 Å². The van der Waals surface area contributed by atoms with Gasteiger partial charge in [-0.05, 0) is 80.4 Å². The van der Waals surface area contributed by atoms with E-state index < -0.39 is 29.1 Å². The van der Waals surface area contributed by atoms with Crippen molar-refractivity contribution in [3.8, 4) is 0 Å². The van der Waals surface area contributed by atoms with Crippen LogP contribution in [0.5, 0.6) is 0 Å². The van der Waals surface area contributed by atoms with Crippen molar-refractivity contribution in [3.05, 3.63) is 59.9 Å². The predicted molar refractivity (Wildman–Crippen MR) is 137 cm³/mol. The van der Waals surface area contributed by atoms with E-state index in [4.69, 9.17) is 4.74 Å². The molecule has 1 saturated carbocycles. The number of aromatic nitrogens is 1. The Morgan fingerprint density at radius 3 is 2.75 bits per heavy atom. The summed E-state index contributed by atoms with van der Waals surface area (Å²) in [7, 11) is 3.76. The molecule has 3 heterocycles. The van der Waals surface area contributed by atoms with Gasteiger partial charge in [0.15, 0.2) is 5.67 Å². The minimum atomic E-state index is -1.97. The zero-order valence-electron chi connectivity index (χ0n) is 21.2. The number of rotatable bonds is 2. The zero-order valence-corrected chi connectivity index (χ0v) is 21.2. The van der Waals surface area contributed by atoms with Crippen molar-refractivity contribution in [1.82, 2.24) is 9.88 Å². The summed E-state index contributed by atoms with van der Waals surface area (Å²) in [6.07, 6.45) is 9.31. The lowest BCUT2D eigenvalue weighted by molar-refractivity contribution is -0.282. The summed E-state index contributed by atoms with van der Waals surface area (Å²) in [6.45, 7) is 2.35. The van der Waals surface area contributed by atoms with E-state index in [0.717, 1.165) is 30.2 Å². The fourth-order valence-electron chi connectivity index (χ4n) is 8.68. The van der Waals surface area contributed by atoms with E-state index in [-0.39, 0.29) is 23.8 Å². The van der Waals surface area contributed by atoms with E-state index in [1.165, 1.54) is 16.5 Å². The summed E-state index contributed by atoms with van der Waals surface area (Å²) in [5.74, 6) is 0.221. The van der Waals surface area contributed by atoms with Crippen molar-refractivity contribution in [1.29, 1.82) is 0 Å². The third-order valence-electron chi connectivity index (χ3n) is 10.6. The number of hydrogen-bond acceptors (Lipinski definition) is 5. The molecule has 0 amide bonds. The number of aliphatic hydroxyl groups excluding tert-OH is 2. The molecule has 1 aromatic carbocycles. The molecule has 36 heavy (non-hydrogen) atoms. The van der Waals surface area contributed by atoms with Crippen molar-refractivity contribution < 1.29 is 19.3 Å². The van der Waals surface area contributed by atoms with Gasteiger partial charge in [0, 0.05) is 41.6 Å². The Kier molecular flexibility index (Phi) is 4.64. The lowest BCUT2D eigenvalue weighted by Gasteiger charge is -2.61. The Morgan fingerprint density at radius 1 is 1.11 bits per heavy atom. The normalized spacial score (nSPS) is 45.2. The molecule has 7 rings (SSSR count). The van der Waals surface area contributed by atoms with Gasteiger partial charge >= 0.3 is 0 Å². The SMILES string of the molecule is CN(C)[C@H]1C[C@@]23CC[C@@]4(O2)C(=CC[C@]2(C)C(c5ccc6cnccc6c5)=CCC24)CC3(F)[C@@H](O)[C@@H]1O. The van der Waals surface area contributed by atoms with E-state index >= 15 is 4.39 Å². The topological polar surface area (TPSA) is 65.8 Å². The van der Waals surface area contributed by atoms with Crippen LogP contribution in [0.25, 0.3) is 16.3 Å². The van der Waals surface area contributed by atoms with E-state index in [1.54, 1.807) is 0 Å². The second-order valence-corrected chi connectivity index (χ2v) is 12.4. The highest BCUT2D eigenvalue weighted by Gasteiger charge is 2.76. The van der Waals surface area contributed by atoms with Gasteiger partial charge in [-0.1, -0.05) is 31.2 Å². The molecule has 2 spiro atoms. The van der Waals surface area contributed by atoms with Crippen LogP contribution in [0.15, 0.2) is 54.4 Å². The first kappa shape index (κ1) is 23.0. The fourth-order valence-corrected chi connectivity index (χ4v) is 8.68. The van der Waals surface area contributed by atoms with Crippen LogP contribution in [-0.2, 0) is 4.74 Å². The molecule has 5 nitrogen and oxygen atoms in total. The highest BCUT2D eigenvalue weighted by molar-refractivity contribution is 5.87. The van der Waals surface area contributed by atoms with E-state index in [0.29, 0.717) is 12.8 Å². The summed E-state index contributed by atoms with van der Waals surface area (Å²) in [5, 5.41) is 24.2. The second-order valence-electron chi connectivity index (χ2n) is 12.4. The number of allylic oxidation sites excluding steroid dienone is 3. The average Bonchev–Trinajstić information content (AvgIpc) is 3.40. The average molecular weight is 491 g/mol. The lowest BCUT2D eigenvalue weighted by atomic mass is 9.56. The molecular formula is C30H35FN2O3. The van der Waals surface area contributed by atoms with Crippen LogP contribution in [0.1, 0.15) is 51.0 Å². The maximum Gasteiger partial charge on any atom is 0.171 e. The molecule has 2 saturated heterocycles. The third-order valence-corrected chi connectivity index (χ3v) is 10.6. The molecule has 6 heteroatoms. The molecule has 2 aliphatic heterocycles. The Hall–Kier alpha value is -2.12. The minimum absolute atomic E-state index is 0.111. The summed E-state index contributed by atoms with van der Waals surface area (Å²) in [4.78, 5) is 6.15. The number of nitrogens with zero attached hydrogens (tertiary/aromatic N) is 2. The smallest absolute Gasteiger partial charge is 0.171 e. The van der Waals surface area contributed by atoms with Gasteiger partial charge in [0.2, 0.25) is 0 Å². The number of pyridine rings is 1. The number of fused-ring (bicyclic) bond motifs is 2. The molecular weight excluding hydrogens is 455 g/mol. The predicted octanol–water partition coefficient (Wildman–Crippen LogP) is 4.43. The van der Waals surface area contributed by atoms with Crippen LogP contribution in [0.2, 0.25) is 0 Å². The molecule has 3 aliphatic carbocycles. The van der Waals surface area contributed by atoms with Crippen LogP contribution in [-0.4, -0.2) is 69.3 Å². The number of benzene rings is 1. The molecule has 2 aromatic rings. The molecule has 8 atom stereocenters. The Labute approximate surface area is 211 Å². The van der Waals surface area contributed by atoms with Gasteiger partial charge in [0.05, 0.1) is 11.7 Å². The lowest BCUT2D eigenvalue weighted by Crippen LogP contribution is -2.73. The maximum absolute atomic E-state index is 16.9. The van der Waals surface area contributed by atoms with Crippen molar-refractivity contribution in [2.75, 3.05) is 14.1 Å². The largest absolute Gasteiger partial charge is 0.389 e. The summed E-state index contributed by atoms with van der Waals surface area (Å²) < 4.78 is 23.9. The first-order valence-corrected chi connectivity index (χ1v) is 13.3. The highest BCUT2D eigenvalue weighted by Crippen LogP contribution is 2.70. The van der Waals surface area contributed by atoms with Crippen LogP contribution in [0, 0.1) is 11.3 Å². The van der Waals surface area contributed by atoms with E-state index in [2.05, 4.69) is 48.3 Å². The van der Waals surface area contributed by atoms with Crippen molar-refractivity contribution in [2.45, 2.75) is 80.6 Å². The number of hydrogen-bond donors (Lipinski definition) is 2. The highest BCUT2D eigenvalue weighted by atomic mass is 19.1. The molecule has 1 aromatic heterocycles. The summed E-state index contributed by atoms with van der Waals surface area (Å²) in [5.41, 5.74) is -0.0918. The molecule has 0 radical (unpaired) electrons. The van der Waals surface area contributed by atoms with Gasteiger partial charge in [-0.15, -0.1) is 0 Å². The Balaban J connectivity index is 1.29. The molecule has 5 aliphatic rings. The summed E-state index contributed by atoms with van der Waals surface area (Å²) >= 11 is 0. The van der Waals surface area contributed by atoms with Gasteiger partial charge < -0.3 is 19.8 Å². The van der Waals surface area contributed by atoms with Crippen LogP contribution < -0.4 is 0 Å². The number of aliphatic hydroxyl groups is 2. The molecule has 3 fully saturated rings. The third kappa shape index (κ3) is 2.66. The fraction of sp³-hybridized carbons (Fsp3) is 0.567. The van der Waals surface area contributed by atoms with Gasteiger partial charge in [0.25, 0.3) is 0 Å². The number of halogens is 1. The molecule has 2 N–H and O–H groups in total. The monoisotopic (exact) mass is 490 g/mol. The first-order valence-electron chi connectivity index (χ1n) is 13.3. The molecule has 2 unspecified atom stereocenters. The Bertz CT molecular complexity index is 1320. The van der Waals surface area contributed by atoms with E-state index in [1.807, 2.05) is 31.4 Å². The van der Waals surface area contributed by atoms with Crippen LogP contribution in [0.4, 0.5) is 4.39 Å². The number of ether oxygens (including phenoxy) is 1. The number of alkyl halides is 1. The van der Waals surface area contributed by atoms with Crippen molar-refractivity contribution in [2.24, 2.45) is 11.3 Å². The minimum Gasteiger partial charge on any atom is -0.389 e. The van der Waals surface area contributed by atoms with Gasteiger partial charge in [0.1, 0.15) is 11.7 Å². The van der Waals surface area contributed by atoms with Crippen LogP contribution >= 0.6 is 0 Å². The zero-order chi connectivity index (χ0) is 25.1. The van der Waals surface area contributed by atoms with Crippen molar-refractivity contribution >= 4 is 16.3 Å². The van der Waals surface area contributed by atoms with E-state index in [9.17, 15) is 10.2 Å². The van der Waals surface area contributed by atoms with Gasteiger partial charge in [-0.25, -0.2) is 4.39 Å². The summed E-state index contributed by atoms with van der Waals surface area (Å²) in [6, 6.07) is 8.32. The number of likely N-dealkylation sites (N-methyl/N-ethyl adjacent to an activating group) is 1. The Morgan fingerprint density at radius 2 is 1.94 bits per heavy atom. The van der Waals surface area contributed by atoms with Gasteiger partial charge in [-0.2, -0.15) is 0 Å².